The normalized spacial score (nSPS) is 12.4. The molecule has 0 unspecified atom stereocenters. The summed E-state index contributed by atoms with van der Waals surface area (Å²) in [6.45, 7) is 6.81. The highest BCUT2D eigenvalue weighted by Crippen LogP contribution is 2.21. The summed E-state index contributed by atoms with van der Waals surface area (Å²) in [5.74, 6) is -0.290. The minimum absolute atomic E-state index is 0.290. The van der Waals surface area contributed by atoms with Crippen molar-refractivity contribution in [3.63, 3.8) is 0 Å². The van der Waals surface area contributed by atoms with Crippen LogP contribution in [0.5, 0.6) is 0 Å². The summed E-state index contributed by atoms with van der Waals surface area (Å²) in [4.78, 5) is 15.7. The van der Waals surface area contributed by atoms with Crippen molar-refractivity contribution in [1.82, 2.24) is 10.3 Å². The van der Waals surface area contributed by atoms with E-state index in [-0.39, 0.29) is 5.91 Å². The molecule has 0 atom stereocenters. The molecule has 2 N–H and O–H groups in total. The number of carbonyl (C=O) groups is 1. The van der Waals surface area contributed by atoms with E-state index < -0.39 is 11.1 Å². The third-order valence-electron chi connectivity index (χ3n) is 2.95. The van der Waals surface area contributed by atoms with Gasteiger partial charge in [-0.2, -0.15) is 0 Å². The molecule has 1 rings (SSSR count). The van der Waals surface area contributed by atoms with Crippen molar-refractivity contribution in [3.8, 4) is 0 Å². The van der Waals surface area contributed by atoms with Gasteiger partial charge in [0.2, 0.25) is 0 Å². The second kappa shape index (κ2) is 4.63. The maximum Gasteiger partial charge on any atom is 0.253 e. The van der Waals surface area contributed by atoms with Gasteiger partial charge in [0.05, 0.1) is 16.7 Å². The van der Waals surface area contributed by atoms with Crippen LogP contribution in [-0.2, 0) is 0 Å². The lowest BCUT2D eigenvalue weighted by atomic mass is 9.86. The molecule has 0 saturated carbocycles. The Morgan fingerprint density at radius 2 is 1.94 bits per heavy atom. The Bertz CT molecular complexity index is 408. The third-order valence-corrected chi connectivity index (χ3v) is 3.17. The number of hydrogen-bond donors (Lipinski definition) is 2. The average Bonchev–Trinajstić information content (AvgIpc) is 2.16. The molecule has 1 heterocycles. The first-order chi connectivity index (χ1) is 7.63. The number of rotatable bonds is 3. The van der Waals surface area contributed by atoms with Gasteiger partial charge in [-0.25, -0.2) is 4.98 Å². The number of hydrogen-bond acceptors (Lipinski definition) is 3. The minimum Gasteiger partial charge on any atom is -0.388 e. The van der Waals surface area contributed by atoms with Crippen LogP contribution >= 0.6 is 11.6 Å². The SMILES string of the molecule is CC(C)(O)C(C)(C)NC(=O)c1ccc(Cl)nc1. The first-order valence-corrected chi connectivity index (χ1v) is 5.68. The topological polar surface area (TPSA) is 62.2 Å². The van der Waals surface area contributed by atoms with E-state index in [0.717, 1.165) is 0 Å². The molecule has 0 saturated heterocycles. The van der Waals surface area contributed by atoms with Crippen LogP contribution in [0.3, 0.4) is 0 Å². The Morgan fingerprint density at radius 3 is 2.35 bits per heavy atom. The zero-order valence-electron chi connectivity index (χ0n) is 10.4. The molecular formula is C12H17ClN2O2. The molecule has 5 heteroatoms. The van der Waals surface area contributed by atoms with Gasteiger partial charge in [-0.05, 0) is 39.8 Å². The summed E-state index contributed by atoms with van der Waals surface area (Å²) in [6, 6.07) is 3.14. The number of aromatic nitrogens is 1. The van der Waals surface area contributed by atoms with Crippen LogP contribution in [0.25, 0.3) is 0 Å². The highest BCUT2D eigenvalue weighted by molar-refractivity contribution is 6.29. The number of nitrogens with zero attached hydrogens (tertiary/aromatic N) is 1. The fourth-order valence-corrected chi connectivity index (χ4v) is 1.13. The van der Waals surface area contributed by atoms with Crippen molar-refractivity contribution in [2.75, 3.05) is 0 Å². The van der Waals surface area contributed by atoms with Crippen LogP contribution in [0.2, 0.25) is 5.15 Å². The van der Waals surface area contributed by atoms with Crippen LogP contribution in [0.15, 0.2) is 18.3 Å². The molecule has 0 bridgehead atoms. The Morgan fingerprint density at radius 1 is 1.35 bits per heavy atom. The molecule has 0 radical (unpaired) electrons. The molecule has 0 fully saturated rings. The highest BCUT2D eigenvalue weighted by atomic mass is 35.5. The van der Waals surface area contributed by atoms with Gasteiger partial charge in [-0.3, -0.25) is 4.79 Å². The molecule has 0 spiro atoms. The van der Waals surface area contributed by atoms with E-state index in [1.807, 2.05) is 0 Å². The maximum atomic E-state index is 11.9. The standard InChI is InChI=1S/C12H17ClN2O2/c1-11(2,12(3,4)17)15-10(16)8-5-6-9(13)14-7-8/h5-7,17H,1-4H3,(H,15,16). The van der Waals surface area contributed by atoms with Gasteiger partial charge in [0, 0.05) is 6.20 Å². The van der Waals surface area contributed by atoms with E-state index in [4.69, 9.17) is 11.6 Å². The molecule has 17 heavy (non-hydrogen) atoms. The predicted octanol–water partition coefficient (Wildman–Crippen LogP) is 2.01. The predicted molar refractivity (Wildman–Crippen MR) is 67.1 cm³/mol. The van der Waals surface area contributed by atoms with E-state index in [1.54, 1.807) is 39.8 Å². The molecule has 1 amide bonds. The summed E-state index contributed by atoms with van der Waals surface area (Å²) in [5, 5.41) is 13.0. The van der Waals surface area contributed by atoms with Crippen LogP contribution in [0.4, 0.5) is 0 Å². The molecule has 1 aromatic heterocycles. The zero-order valence-corrected chi connectivity index (χ0v) is 11.2. The summed E-state index contributed by atoms with van der Waals surface area (Å²) in [7, 11) is 0. The Hall–Kier alpha value is -1.13. The van der Waals surface area contributed by atoms with Crippen LogP contribution in [0, 0.1) is 0 Å². The summed E-state index contributed by atoms with van der Waals surface area (Å²) >= 11 is 5.64. The van der Waals surface area contributed by atoms with Crippen molar-refractivity contribution < 1.29 is 9.90 Å². The Kier molecular flexibility index (Phi) is 3.79. The lowest BCUT2D eigenvalue weighted by Gasteiger charge is -2.37. The Labute approximate surface area is 106 Å². The first-order valence-electron chi connectivity index (χ1n) is 5.30. The van der Waals surface area contributed by atoms with Gasteiger partial charge in [0.25, 0.3) is 5.91 Å². The number of halogens is 1. The van der Waals surface area contributed by atoms with E-state index in [0.29, 0.717) is 10.7 Å². The van der Waals surface area contributed by atoms with Crippen LogP contribution < -0.4 is 5.32 Å². The van der Waals surface area contributed by atoms with Crippen molar-refractivity contribution in [1.29, 1.82) is 0 Å². The van der Waals surface area contributed by atoms with E-state index in [9.17, 15) is 9.90 Å². The number of nitrogens with one attached hydrogen (secondary N) is 1. The lowest BCUT2D eigenvalue weighted by molar-refractivity contribution is -0.00293. The largest absolute Gasteiger partial charge is 0.388 e. The second-order valence-corrected chi connectivity index (χ2v) is 5.39. The first kappa shape index (κ1) is 13.9. The molecular weight excluding hydrogens is 240 g/mol. The van der Waals surface area contributed by atoms with Crippen LogP contribution in [-0.4, -0.2) is 27.1 Å². The smallest absolute Gasteiger partial charge is 0.253 e. The molecule has 94 valence electrons. The number of aliphatic hydroxyl groups is 1. The van der Waals surface area contributed by atoms with Gasteiger partial charge < -0.3 is 10.4 Å². The minimum atomic E-state index is -1.03. The lowest BCUT2D eigenvalue weighted by Crippen LogP contribution is -2.57. The van der Waals surface area contributed by atoms with Crippen molar-refractivity contribution in [2.24, 2.45) is 0 Å². The molecule has 0 aromatic carbocycles. The summed E-state index contributed by atoms with van der Waals surface area (Å²) in [5.41, 5.74) is -1.36. The van der Waals surface area contributed by atoms with Gasteiger partial charge in [0.15, 0.2) is 0 Å². The number of amides is 1. The molecule has 0 aliphatic carbocycles. The van der Waals surface area contributed by atoms with Gasteiger partial charge in [0.1, 0.15) is 5.15 Å². The van der Waals surface area contributed by atoms with Gasteiger partial charge in [-0.1, -0.05) is 11.6 Å². The molecule has 0 aliphatic rings. The quantitative estimate of drug-likeness (QED) is 0.814. The molecule has 0 aliphatic heterocycles. The fraction of sp³-hybridized carbons (Fsp3) is 0.500. The van der Waals surface area contributed by atoms with Crippen molar-refractivity contribution >= 4 is 17.5 Å². The molecule has 1 aromatic rings. The van der Waals surface area contributed by atoms with Gasteiger partial charge in [-0.15, -0.1) is 0 Å². The van der Waals surface area contributed by atoms with Gasteiger partial charge >= 0.3 is 0 Å². The zero-order chi connectivity index (χ0) is 13.3. The van der Waals surface area contributed by atoms with Crippen molar-refractivity contribution in [3.05, 3.63) is 29.0 Å². The van der Waals surface area contributed by atoms with Crippen LogP contribution in [0.1, 0.15) is 38.1 Å². The average molecular weight is 257 g/mol. The Balaban J connectivity index is 2.83. The van der Waals surface area contributed by atoms with E-state index >= 15 is 0 Å². The summed E-state index contributed by atoms with van der Waals surface area (Å²) in [6.07, 6.45) is 1.40. The van der Waals surface area contributed by atoms with E-state index in [2.05, 4.69) is 10.3 Å². The fourth-order valence-electron chi connectivity index (χ4n) is 1.02. The monoisotopic (exact) mass is 256 g/mol. The van der Waals surface area contributed by atoms with Crippen molar-refractivity contribution in [2.45, 2.75) is 38.8 Å². The molecule has 4 nitrogen and oxygen atoms in total. The second-order valence-electron chi connectivity index (χ2n) is 5.01. The number of carbonyl (C=O) groups excluding carboxylic acids is 1. The highest BCUT2D eigenvalue weighted by Gasteiger charge is 2.36. The summed E-state index contributed by atoms with van der Waals surface area (Å²) < 4.78 is 0. The maximum absolute atomic E-state index is 11.9. The number of pyridine rings is 1. The van der Waals surface area contributed by atoms with E-state index in [1.165, 1.54) is 6.20 Å². The third kappa shape index (κ3) is 3.41.